The van der Waals surface area contributed by atoms with E-state index in [1.54, 1.807) is 0 Å². The van der Waals surface area contributed by atoms with Crippen molar-refractivity contribution in [3.8, 4) is 5.75 Å². The highest BCUT2D eigenvalue weighted by atomic mass is 32.2. The molecular weight excluding hydrogens is 358 g/mol. The SMILES string of the molecule is Cc1cc2c(cc1C)O[C@@H](c1nnc([C@H]3CN(S(C)(=O)=O)CCO3)o1)C2. The highest BCUT2D eigenvalue weighted by Gasteiger charge is 2.34. The van der Waals surface area contributed by atoms with Gasteiger partial charge in [-0.2, -0.15) is 4.31 Å². The van der Waals surface area contributed by atoms with Crippen LogP contribution in [0.15, 0.2) is 16.5 Å². The first kappa shape index (κ1) is 17.4. The second kappa shape index (κ2) is 6.33. The largest absolute Gasteiger partial charge is 0.480 e. The van der Waals surface area contributed by atoms with E-state index in [4.69, 9.17) is 13.9 Å². The van der Waals surface area contributed by atoms with E-state index in [0.717, 1.165) is 11.3 Å². The molecule has 1 fully saturated rings. The maximum atomic E-state index is 11.7. The Labute approximate surface area is 152 Å². The zero-order valence-corrected chi connectivity index (χ0v) is 15.7. The van der Waals surface area contributed by atoms with Crippen LogP contribution in [0.5, 0.6) is 5.75 Å². The van der Waals surface area contributed by atoms with Crippen molar-refractivity contribution in [2.24, 2.45) is 0 Å². The maximum Gasteiger partial charge on any atom is 0.257 e. The van der Waals surface area contributed by atoms with Gasteiger partial charge in [0.15, 0.2) is 6.10 Å². The standard InChI is InChI=1S/C17H21N3O5S/c1-10-6-12-8-14(24-13(12)7-11(10)2)16-18-19-17(25-16)15-9-20(4-5-23-15)26(3,21)22/h6-7,14-15H,4-5,8-9H2,1-3H3/t14-,15-/m1/s1. The summed E-state index contributed by atoms with van der Waals surface area (Å²) in [6.07, 6.45) is 0.955. The number of fused-ring (bicyclic) bond motifs is 1. The Balaban J connectivity index is 1.51. The van der Waals surface area contributed by atoms with Gasteiger partial charge >= 0.3 is 0 Å². The Bertz CT molecular complexity index is 909. The molecule has 0 N–H and O–H groups in total. The summed E-state index contributed by atoms with van der Waals surface area (Å²) in [5.41, 5.74) is 3.51. The molecule has 0 aliphatic carbocycles. The lowest BCUT2D eigenvalue weighted by Gasteiger charge is -2.29. The van der Waals surface area contributed by atoms with Gasteiger partial charge in [-0.3, -0.25) is 0 Å². The van der Waals surface area contributed by atoms with Crippen LogP contribution in [-0.4, -0.2) is 48.9 Å². The summed E-state index contributed by atoms with van der Waals surface area (Å²) in [5, 5.41) is 8.15. The molecule has 0 unspecified atom stereocenters. The molecule has 26 heavy (non-hydrogen) atoms. The normalized spacial score (nSPS) is 23.7. The molecule has 2 atom stereocenters. The summed E-state index contributed by atoms with van der Waals surface area (Å²) >= 11 is 0. The summed E-state index contributed by atoms with van der Waals surface area (Å²) in [4.78, 5) is 0. The summed E-state index contributed by atoms with van der Waals surface area (Å²) < 4.78 is 42.2. The number of benzene rings is 1. The number of rotatable bonds is 3. The predicted molar refractivity (Wildman–Crippen MR) is 92.4 cm³/mol. The van der Waals surface area contributed by atoms with E-state index in [1.165, 1.54) is 21.7 Å². The first-order valence-corrected chi connectivity index (χ1v) is 10.3. The first-order chi connectivity index (χ1) is 12.3. The van der Waals surface area contributed by atoms with E-state index in [0.29, 0.717) is 25.5 Å². The van der Waals surface area contributed by atoms with Crippen molar-refractivity contribution < 1.29 is 22.3 Å². The number of morpholine rings is 1. The number of hydrogen-bond donors (Lipinski definition) is 0. The number of hydrogen-bond acceptors (Lipinski definition) is 7. The van der Waals surface area contributed by atoms with Gasteiger partial charge in [0.1, 0.15) is 11.9 Å². The van der Waals surface area contributed by atoms with Gasteiger partial charge in [0.25, 0.3) is 5.89 Å². The Morgan fingerprint density at radius 3 is 2.54 bits per heavy atom. The van der Waals surface area contributed by atoms with Crippen molar-refractivity contribution in [1.82, 2.24) is 14.5 Å². The molecule has 2 aliphatic rings. The average Bonchev–Trinajstić information content (AvgIpc) is 3.21. The molecule has 4 rings (SSSR count). The van der Waals surface area contributed by atoms with Crippen molar-refractivity contribution in [1.29, 1.82) is 0 Å². The van der Waals surface area contributed by atoms with Gasteiger partial charge in [-0.1, -0.05) is 6.07 Å². The quantitative estimate of drug-likeness (QED) is 0.801. The summed E-state index contributed by atoms with van der Waals surface area (Å²) in [6.45, 7) is 4.91. The van der Waals surface area contributed by atoms with Crippen molar-refractivity contribution in [3.63, 3.8) is 0 Å². The third kappa shape index (κ3) is 3.22. The molecule has 9 heteroatoms. The Morgan fingerprint density at radius 2 is 1.81 bits per heavy atom. The van der Waals surface area contributed by atoms with Crippen LogP contribution in [-0.2, 0) is 21.2 Å². The van der Waals surface area contributed by atoms with Gasteiger partial charge in [0, 0.05) is 19.5 Å². The molecular formula is C17H21N3O5S. The molecule has 0 radical (unpaired) electrons. The molecule has 0 amide bonds. The Kier molecular flexibility index (Phi) is 4.25. The molecule has 0 bridgehead atoms. The number of ether oxygens (including phenoxy) is 2. The molecule has 140 valence electrons. The summed E-state index contributed by atoms with van der Waals surface area (Å²) in [7, 11) is -3.28. The molecule has 1 aromatic heterocycles. The number of aryl methyl sites for hydroxylation is 2. The predicted octanol–water partition coefficient (Wildman–Crippen LogP) is 1.70. The molecule has 2 aliphatic heterocycles. The molecule has 2 aromatic rings. The Hall–Kier alpha value is -1.97. The average molecular weight is 379 g/mol. The van der Waals surface area contributed by atoms with Crippen LogP contribution in [0.1, 0.15) is 40.7 Å². The minimum absolute atomic E-state index is 0.171. The monoisotopic (exact) mass is 379 g/mol. The summed E-state index contributed by atoms with van der Waals surface area (Å²) in [6, 6.07) is 4.15. The highest BCUT2D eigenvalue weighted by Crippen LogP contribution is 2.38. The third-order valence-electron chi connectivity index (χ3n) is 4.86. The zero-order chi connectivity index (χ0) is 18.5. The van der Waals surface area contributed by atoms with Crippen LogP contribution in [0.2, 0.25) is 0 Å². The Morgan fingerprint density at radius 1 is 1.12 bits per heavy atom. The van der Waals surface area contributed by atoms with Gasteiger partial charge in [0.2, 0.25) is 15.9 Å². The van der Waals surface area contributed by atoms with Crippen LogP contribution < -0.4 is 4.74 Å². The van der Waals surface area contributed by atoms with Gasteiger partial charge in [0.05, 0.1) is 12.9 Å². The van der Waals surface area contributed by atoms with E-state index in [-0.39, 0.29) is 18.5 Å². The van der Waals surface area contributed by atoms with Crippen LogP contribution in [0.4, 0.5) is 0 Å². The van der Waals surface area contributed by atoms with E-state index in [9.17, 15) is 8.42 Å². The van der Waals surface area contributed by atoms with E-state index in [2.05, 4.69) is 23.2 Å². The van der Waals surface area contributed by atoms with Crippen LogP contribution in [0.25, 0.3) is 0 Å². The molecule has 0 spiro atoms. The van der Waals surface area contributed by atoms with Crippen LogP contribution >= 0.6 is 0 Å². The zero-order valence-electron chi connectivity index (χ0n) is 14.9. The second-order valence-corrected chi connectivity index (χ2v) is 8.80. The highest BCUT2D eigenvalue weighted by molar-refractivity contribution is 7.88. The summed E-state index contributed by atoms with van der Waals surface area (Å²) in [5.74, 6) is 1.50. The van der Waals surface area contributed by atoms with Gasteiger partial charge in [-0.05, 0) is 36.6 Å². The fraction of sp³-hybridized carbons (Fsp3) is 0.529. The fourth-order valence-corrected chi connectivity index (χ4v) is 4.05. The lowest BCUT2D eigenvalue weighted by atomic mass is 10.0. The van der Waals surface area contributed by atoms with Gasteiger partial charge in [-0.15, -0.1) is 10.2 Å². The fourth-order valence-electron chi connectivity index (χ4n) is 3.23. The van der Waals surface area contributed by atoms with Gasteiger partial charge < -0.3 is 13.9 Å². The van der Waals surface area contributed by atoms with E-state index in [1.807, 2.05) is 13.0 Å². The number of sulfonamides is 1. The van der Waals surface area contributed by atoms with Gasteiger partial charge in [-0.25, -0.2) is 8.42 Å². The van der Waals surface area contributed by atoms with Crippen molar-refractivity contribution >= 4 is 10.0 Å². The minimum atomic E-state index is -3.28. The van der Waals surface area contributed by atoms with Crippen LogP contribution in [0, 0.1) is 13.8 Å². The maximum absolute atomic E-state index is 11.7. The van der Waals surface area contributed by atoms with Crippen molar-refractivity contribution in [2.45, 2.75) is 32.5 Å². The topological polar surface area (TPSA) is 94.8 Å². The molecule has 0 saturated carbocycles. The van der Waals surface area contributed by atoms with Crippen molar-refractivity contribution in [2.75, 3.05) is 26.0 Å². The van der Waals surface area contributed by atoms with Crippen molar-refractivity contribution in [3.05, 3.63) is 40.6 Å². The number of aromatic nitrogens is 2. The smallest absolute Gasteiger partial charge is 0.257 e. The number of nitrogens with zero attached hydrogens (tertiary/aromatic N) is 3. The van der Waals surface area contributed by atoms with Crippen LogP contribution in [0.3, 0.4) is 0 Å². The molecule has 1 aromatic carbocycles. The second-order valence-electron chi connectivity index (χ2n) is 6.81. The van der Waals surface area contributed by atoms with E-state index >= 15 is 0 Å². The minimum Gasteiger partial charge on any atom is -0.480 e. The van der Waals surface area contributed by atoms with E-state index < -0.39 is 16.1 Å². The third-order valence-corrected chi connectivity index (χ3v) is 6.13. The molecule has 3 heterocycles. The first-order valence-electron chi connectivity index (χ1n) is 8.48. The molecule has 1 saturated heterocycles. The lowest BCUT2D eigenvalue weighted by Crippen LogP contribution is -2.41. The lowest BCUT2D eigenvalue weighted by molar-refractivity contribution is -0.0184. The molecule has 8 nitrogen and oxygen atoms in total.